The van der Waals surface area contributed by atoms with Crippen LogP contribution in [-0.2, 0) is 4.43 Å². The third kappa shape index (κ3) is 3.79. The second kappa shape index (κ2) is 6.41. The summed E-state index contributed by atoms with van der Waals surface area (Å²) in [5.41, 5.74) is 1.29. The molecule has 0 aliphatic rings. The molecule has 2 aromatic rings. The van der Waals surface area contributed by atoms with Gasteiger partial charge in [0.2, 0.25) is 5.88 Å². The molecule has 124 valence electrons. The van der Waals surface area contributed by atoms with Crippen LogP contribution in [0.4, 0.5) is 0 Å². The van der Waals surface area contributed by atoms with Crippen LogP contribution in [0.2, 0.25) is 18.1 Å². The lowest BCUT2D eigenvalue weighted by molar-refractivity contribution is 0.0907. The molecule has 1 heterocycles. The topological polar surface area (TPSA) is 48.4 Å². The zero-order valence-electron chi connectivity index (χ0n) is 14.8. The summed E-state index contributed by atoms with van der Waals surface area (Å²) in [4.78, 5) is 17.0. The summed E-state index contributed by atoms with van der Waals surface area (Å²) < 4.78 is 11.3. The standard InChI is InChI=1S/C18H25NO3Si/c1-18(2,3)23(5,6)22-12-16(20)14-11-13-9-7-8-10-15(13)19-17(14)21-4/h7-11H,12H2,1-6H3. The number of hydrogen-bond donors (Lipinski definition) is 0. The number of nitrogens with zero attached hydrogens (tertiary/aromatic N) is 1. The molecule has 23 heavy (non-hydrogen) atoms. The Morgan fingerprint density at radius 3 is 2.48 bits per heavy atom. The molecule has 0 radical (unpaired) electrons. The van der Waals surface area contributed by atoms with Gasteiger partial charge in [-0.15, -0.1) is 0 Å². The van der Waals surface area contributed by atoms with Gasteiger partial charge in [-0.25, -0.2) is 4.98 Å². The molecule has 0 amide bonds. The maximum absolute atomic E-state index is 12.6. The molecule has 0 bridgehead atoms. The van der Waals surface area contributed by atoms with Crippen LogP contribution in [0.5, 0.6) is 5.88 Å². The van der Waals surface area contributed by atoms with E-state index in [9.17, 15) is 4.79 Å². The number of pyridine rings is 1. The molecule has 4 nitrogen and oxygen atoms in total. The second-order valence-electron chi connectivity index (χ2n) is 7.21. The molecule has 1 aromatic carbocycles. The summed E-state index contributed by atoms with van der Waals surface area (Å²) in [5.74, 6) is 0.262. The Kier molecular flexibility index (Phi) is 4.92. The number of methoxy groups -OCH3 is 1. The molecule has 0 spiro atoms. The van der Waals surface area contributed by atoms with Crippen molar-refractivity contribution in [3.8, 4) is 5.88 Å². The zero-order valence-corrected chi connectivity index (χ0v) is 15.8. The largest absolute Gasteiger partial charge is 0.480 e. The zero-order chi connectivity index (χ0) is 17.3. The minimum atomic E-state index is -1.96. The summed E-state index contributed by atoms with van der Waals surface area (Å²) in [6.07, 6.45) is 0. The Morgan fingerprint density at radius 1 is 1.22 bits per heavy atom. The number of ketones is 1. The van der Waals surface area contributed by atoms with Crippen LogP contribution >= 0.6 is 0 Å². The molecule has 0 unspecified atom stereocenters. The molecule has 0 saturated carbocycles. The van der Waals surface area contributed by atoms with Crippen molar-refractivity contribution >= 4 is 25.0 Å². The van der Waals surface area contributed by atoms with Gasteiger partial charge in [-0.05, 0) is 30.3 Å². The van der Waals surface area contributed by atoms with Crippen LogP contribution in [-0.4, -0.2) is 32.8 Å². The fourth-order valence-electron chi connectivity index (χ4n) is 1.99. The summed E-state index contributed by atoms with van der Waals surface area (Å²) in [5, 5.41) is 0.989. The van der Waals surface area contributed by atoms with Crippen molar-refractivity contribution in [3.05, 3.63) is 35.9 Å². The number of rotatable bonds is 5. The molecule has 5 heteroatoms. The highest BCUT2D eigenvalue weighted by molar-refractivity contribution is 6.74. The van der Waals surface area contributed by atoms with E-state index in [1.807, 2.05) is 30.3 Å². The monoisotopic (exact) mass is 331 g/mol. The minimum absolute atomic E-state index is 0.0624. The molecule has 0 N–H and O–H groups in total. The van der Waals surface area contributed by atoms with Crippen molar-refractivity contribution in [2.24, 2.45) is 0 Å². The number of aromatic nitrogens is 1. The lowest BCUT2D eigenvalue weighted by Gasteiger charge is -2.35. The van der Waals surface area contributed by atoms with E-state index in [0.29, 0.717) is 11.4 Å². The Labute approximate surface area is 139 Å². The van der Waals surface area contributed by atoms with Crippen molar-refractivity contribution in [1.29, 1.82) is 0 Å². The van der Waals surface area contributed by atoms with Crippen LogP contribution in [0.1, 0.15) is 31.1 Å². The van der Waals surface area contributed by atoms with E-state index in [0.717, 1.165) is 10.9 Å². The molecular weight excluding hydrogens is 306 g/mol. The first-order valence-corrected chi connectivity index (χ1v) is 10.7. The predicted molar refractivity (Wildman–Crippen MR) is 95.8 cm³/mol. The van der Waals surface area contributed by atoms with Crippen LogP contribution in [0.15, 0.2) is 30.3 Å². The number of benzene rings is 1. The Hall–Kier alpha value is -1.72. The first-order valence-electron chi connectivity index (χ1n) is 7.76. The number of Topliss-reactive ketones (excluding diaryl/α,β-unsaturated/α-hetero) is 1. The van der Waals surface area contributed by atoms with E-state index < -0.39 is 8.32 Å². The van der Waals surface area contributed by atoms with Gasteiger partial charge >= 0.3 is 0 Å². The summed E-state index contributed by atoms with van der Waals surface area (Å²) >= 11 is 0. The van der Waals surface area contributed by atoms with Gasteiger partial charge in [-0.3, -0.25) is 4.79 Å². The van der Waals surface area contributed by atoms with Gasteiger partial charge in [-0.1, -0.05) is 39.0 Å². The van der Waals surface area contributed by atoms with E-state index in [4.69, 9.17) is 9.16 Å². The first kappa shape index (κ1) is 17.6. The van der Waals surface area contributed by atoms with Crippen LogP contribution < -0.4 is 4.74 Å². The van der Waals surface area contributed by atoms with Crippen molar-refractivity contribution in [3.63, 3.8) is 0 Å². The molecule has 0 aliphatic heterocycles. The second-order valence-corrected chi connectivity index (χ2v) is 12.0. The van der Waals surface area contributed by atoms with Crippen molar-refractivity contribution < 1.29 is 14.0 Å². The third-order valence-corrected chi connectivity index (χ3v) is 9.03. The molecule has 0 atom stereocenters. The fraction of sp³-hybridized carbons (Fsp3) is 0.444. The van der Waals surface area contributed by atoms with Crippen molar-refractivity contribution in [1.82, 2.24) is 4.98 Å². The van der Waals surface area contributed by atoms with Crippen molar-refractivity contribution in [2.45, 2.75) is 38.9 Å². The summed E-state index contributed by atoms with van der Waals surface area (Å²) in [6, 6.07) is 9.51. The number of hydrogen-bond acceptors (Lipinski definition) is 4. The SMILES string of the molecule is COc1nc2ccccc2cc1C(=O)CO[Si](C)(C)C(C)(C)C. The number of ether oxygens (including phenoxy) is 1. The number of fused-ring (bicyclic) bond motifs is 1. The third-order valence-electron chi connectivity index (χ3n) is 4.55. The van der Waals surface area contributed by atoms with E-state index in [1.165, 1.54) is 7.11 Å². The van der Waals surface area contributed by atoms with Crippen molar-refractivity contribution in [2.75, 3.05) is 13.7 Å². The molecule has 0 fully saturated rings. The van der Waals surface area contributed by atoms with E-state index in [-0.39, 0.29) is 17.4 Å². The number of carbonyl (C=O) groups excluding carboxylic acids is 1. The van der Waals surface area contributed by atoms with Gasteiger partial charge in [0, 0.05) is 5.39 Å². The minimum Gasteiger partial charge on any atom is -0.480 e. The lowest BCUT2D eigenvalue weighted by atomic mass is 10.1. The highest BCUT2D eigenvalue weighted by Gasteiger charge is 2.37. The molecule has 2 rings (SSSR count). The van der Waals surface area contributed by atoms with Gasteiger partial charge in [0.05, 0.1) is 24.8 Å². The smallest absolute Gasteiger partial charge is 0.224 e. The Morgan fingerprint density at radius 2 is 1.87 bits per heavy atom. The van der Waals surface area contributed by atoms with Crippen LogP contribution in [0.25, 0.3) is 10.9 Å². The van der Waals surface area contributed by atoms with Crippen LogP contribution in [0, 0.1) is 0 Å². The van der Waals surface area contributed by atoms with E-state index >= 15 is 0 Å². The highest BCUT2D eigenvalue weighted by atomic mass is 28.4. The van der Waals surface area contributed by atoms with E-state index in [2.05, 4.69) is 38.8 Å². The molecular formula is C18H25NO3Si. The maximum atomic E-state index is 12.6. The molecule has 0 aliphatic carbocycles. The van der Waals surface area contributed by atoms with E-state index in [1.54, 1.807) is 0 Å². The highest BCUT2D eigenvalue weighted by Crippen LogP contribution is 2.36. The number of carbonyl (C=O) groups is 1. The summed E-state index contributed by atoms with van der Waals surface area (Å²) in [7, 11) is -0.434. The first-order chi connectivity index (χ1) is 10.7. The molecule has 0 saturated heterocycles. The lowest BCUT2D eigenvalue weighted by Crippen LogP contribution is -2.42. The quantitative estimate of drug-likeness (QED) is 0.600. The van der Waals surface area contributed by atoms with Gasteiger partial charge in [-0.2, -0.15) is 0 Å². The fourth-order valence-corrected chi connectivity index (χ4v) is 2.92. The normalized spacial score (nSPS) is 12.4. The maximum Gasteiger partial charge on any atom is 0.224 e. The predicted octanol–water partition coefficient (Wildman–Crippen LogP) is 4.45. The van der Waals surface area contributed by atoms with Crippen LogP contribution in [0.3, 0.4) is 0 Å². The molecule has 1 aromatic heterocycles. The van der Waals surface area contributed by atoms with Gasteiger partial charge in [0.25, 0.3) is 0 Å². The average Bonchev–Trinajstić information content (AvgIpc) is 2.50. The number of para-hydroxylation sites is 1. The summed E-state index contributed by atoms with van der Waals surface area (Å²) in [6.45, 7) is 10.8. The van der Waals surface area contributed by atoms with Gasteiger partial charge in [0.1, 0.15) is 0 Å². The van der Waals surface area contributed by atoms with Gasteiger partial charge in [0.15, 0.2) is 14.1 Å². The Bertz CT molecular complexity index is 720. The Balaban J connectivity index is 2.27. The average molecular weight is 331 g/mol. The van der Waals surface area contributed by atoms with Gasteiger partial charge < -0.3 is 9.16 Å².